The Labute approximate surface area is 405 Å². The molecule has 0 saturated heterocycles. The molecule has 0 fully saturated rings. The van der Waals surface area contributed by atoms with E-state index in [1.54, 1.807) is 0 Å². The number of hydrogen-bond donors (Lipinski definition) is 0. The molecule has 0 amide bonds. The highest BCUT2D eigenvalue weighted by atomic mass is 32.1. The van der Waals surface area contributed by atoms with Crippen molar-refractivity contribution in [3.05, 3.63) is 263 Å². The first-order valence-corrected chi connectivity index (χ1v) is 25.2. The minimum absolute atomic E-state index is 0.265. The van der Waals surface area contributed by atoms with Gasteiger partial charge in [-0.3, -0.25) is 0 Å². The number of hydrogen-bond acceptors (Lipinski definition) is 4. The van der Waals surface area contributed by atoms with Crippen LogP contribution >= 0.6 is 22.7 Å². The lowest BCUT2D eigenvalue weighted by atomic mass is 9.70. The summed E-state index contributed by atoms with van der Waals surface area (Å²) in [4.78, 5) is 4.92. The lowest BCUT2D eigenvalue weighted by molar-refractivity contribution is 0.660. The molecule has 2 heterocycles. The van der Waals surface area contributed by atoms with Gasteiger partial charge in [0.2, 0.25) is 0 Å². The highest BCUT2D eigenvalue weighted by Gasteiger charge is 2.51. The van der Waals surface area contributed by atoms with Crippen molar-refractivity contribution in [1.82, 2.24) is 0 Å². The van der Waals surface area contributed by atoms with E-state index >= 15 is 0 Å². The minimum atomic E-state index is -0.441. The molecule has 322 valence electrons. The van der Waals surface area contributed by atoms with Gasteiger partial charge in [0.1, 0.15) is 5.00 Å². The second-order valence-electron chi connectivity index (χ2n) is 18.9. The van der Waals surface area contributed by atoms with Crippen molar-refractivity contribution in [3.63, 3.8) is 0 Å². The molecule has 0 bridgehead atoms. The van der Waals surface area contributed by atoms with E-state index in [1.165, 1.54) is 98.0 Å². The summed E-state index contributed by atoms with van der Waals surface area (Å²) in [7, 11) is 0. The van der Waals surface area contributed by atoms with Gasteiger partial charge in [-0.2, -0.15) is 0 Å². The fourth-order valence-electron chi connectivity index (χ4n) is 11.9. The summed E-state index contributed by atoms with van der Waals surface area (Å²) in [6, 6.07) is 84.0. The Bertz CT molecular complexity index is 3690. The molecule has 68 heavy (non-hydrogen) atoms. The average molecular weight is 905 g/mol. The SMILES string of the molecule is CC1(C)c2cc(N(c3ccc(-c4ccccc4)cc3)c3ccc4c(c3)C3(c5ccccc5-c5ccccc53)c3ccccc3-4)ccc2-c2ccc(N(c3ccccc3)c3cc4sccc4s3)cc21. The third-order valence-electron chi connectivity index (χ3n) is 15.0. The normalized spacial score (nSPS) is 14.0. The second kappa shape index (κ2) is 14.9. The molecule has 0 saturated carbocycles. The molecule has 4 heteroatoms. The van der Waals surface area contributed by atoms with Crippen LogP contribution in [-0.4, -0.2) is 0 Å². The van der Waals surface area contributed by atoms with Gasteiger partial charge in [0.25, 0.3) is 0 Å². The Kier molecular flexibility index (Phi) is 8.62. The maximum atomic E-state index is 2.51. The predicted molar refractivity (Wildman–Crippen MR) is 288 cm³/mol. The fourth-order valence-corrected chi connectivity index (χ4v) is 14.1. The molecule has 2 aromatic heterocycles. The molecule has 0 aliphatic heterocycles. The van der Waals surface area contributed by atoms with Crippen LogP contribution in [-0.2, 0) is 10.8 Å². The summed E-state index contributed by atoms with van der Waals surface area (Å²) < 4.78 is 2.65. The van der Waals surface area contributed by atoms with Gasteiger partial charge >= 0.3 is 0 Å². The van der Waals surface area contributed by atoms with Gasteiger partial charge in [-0.25, -0.2) is 0 Å². The molecule has 0 atom stereocenters. The van der Waals surface area contributed by atoms with E-state index in [9.17, 15) is 0 Å². The Morgan fingerprint density at radius 3 is 1.31 bits per heavy atom. The topological polar surface area (TPSA) is 6.48 Å². The van der Waals surface area contributed by atoms with Gasteiger partial charge in [-0.1, -0.05) is 166 Å². The van der Waals surface area contributed by atoms with Gasteiger partial charge in [0.05, 0.1) is 5.41 Å². The van der Waals surface area contributed by atoms with Crippen LogP contribution in [0.1, 0.15) is 47.2 Å². The zero-order valence-corrected chi connectivity index (χ0v) is 39.3. The van der Waals surface area contributed by atoms with Crippen LogP contribution in [0, 0.1) is 0 Å². The molecular weight excluding hydrogens is 861 g/mol. The monoisotopic (exact) mass is 904 g/mol. The quantitative estimate of drug-likeness (QED) is 0.157. The number of anilines is 6. The van der Waals surface area contributed by atoms with Crippen LogP contribution < -0.4 is 9.80 Å². The van der Waals surface area contributed by atoms with E-state index in [-0.39, 0.29) is 5.41 Å². The Morgan fingerprint density at radius 2 is 0.750 bits per heavy atom. The smallest absolute Gasteiger partial charge is 0.102 e. The maximum absolute atomic E-state index is 2.51. The van der Waals surface area contributed by atoms with Crippen molar-refractivity contribution in [2.24, 2.45) is 0 Å². The number of fused-ring (bicyclic) bond motifs is 14. The number of thiophene rings is 2. The molecule has 3 aliphatic rings. The van der Waals surface area contributed by atoms with Gasteiger partial charge in [0.15, 0.2) is 0 Å². The van der Waals surface area contributed by atoms with Crippen molar-refractivity contribution in [2.75, 3.05) is 9.80 Å². The fraction of sp³-hybridized carbons (Fsp3) is 0.0625. The molecule has 9 aromatic carbocycles. The van der Waals surface area contributed by atoms with Crippen molar-refractivity contribution in [1.29, 1.82) is 0 Å². The molecule has 2 nitrogen and oxygen atoms in total. The van der Waals surface area contributed by atoms with Gasteiger partial charge in [0, 0.05) is 43.3 Å². The molecule has 0 unspecified atom stereocenters. The third-order valence-corrected chi connectivity index (χ3v) is 17.1. The molecule has 11 aromatic rings. The van der Waals surface area contributed by atoms with Crippen LogP contribution in [0.5, 0.6) is 0 Å². The lowest BCUT2D eigenvalue weighted by Gasteiger charge is -2.32. The van der Waals surface area contributed by atoms with Crippen LogP contribution in [0.3, 0.4) is 0 Å². The molecule has 1 spiro atoms. The zero-order chi connectivity index (χ0) is 45.1. The van der Waals surface area contributed by atoms with Crippen LogP contribution in [0.25, 0.3) is 53.9 Å². The molecular formula is C64H44N2S2. The molecule has 0 N–H and O–H groups in total. The standard InChI is InChI=1S/C64H44N2S2/c1-63(2)57-37-45(29-32-51(57)52-33-31-47(38-58(52)63)66(43-17-7-4-8-18-43)62-40-61-60(68-62)35-36-67-61)65(44-27-25-42(26-28-44)41-15-5-3-6-16-41)46-30-34-53-50-21-11-14-24-56(50)64(59(53)39-46)54-22-12-9-19-48(54)49-20-10-13-23-55(49)64/h3-40H,1-2H3. The van der Waals surface area contributed by atoms with E-state index in [0.29, 0.717) is 0 Å². The van der Waals surface area contributed by atoms with E-state index in [2.05, 4.69) is 253 Å². The van der Waals surface area contributed by atoms with E-state index < -0.39 is 5.41 Å². The highest BCUT2D eigenvalue weighted by molar-refractivity contribution is 7.29. The second-order valence-corrected chi connectivity index (χ2v) is 20.9. The van der Waals surface area contributed by atoms with Gasteiger partial charge in [-0.05, 0) is 156 Å². The van der Waals surface area contributed by atoms with Crippen LogP contribution in [0.4, 0.5) is 33.4 Å². The van der Waals surface area contributed by atoms with Crippen molar-refractivity contribution < 1.29 is 0 Å². The van der Waals surface area contributed by atoms with Crippen LogP contribution in [0.15, 0.2) is 230 Å². The Hall–Kier alpha value is -7.76. The first-order valence-electron chi connectivity index (χ1n) is 23.5. The van der Waals surface area contributed by atoms with E-state index in [0.717, 1.165) is 22.7 Å². The largest absolute Gasteiger partial charge is 0.310 e. The molecule has 14 rings (SSSR count). The number of benzene rings is 9. The van der Waals surface area contributed by atoms with Gasteiger partial charge in [-0.15, -0.1) is 22.7 Å². The minimum Gasteiger partial charge on any atom is -0.310 e. The molecule has 3 aliphatic carbocycles. The van der Waals surface area contributed by atoms with Crippen molar-refractivity contribution in [3.8, 4) is 44.5 Å². The number of para-hydroxylation sites is 1. The summed E-state index contributed by atoms with van der Waals surface area (Å²) in [5.41, 5.74) is 23.3. The highest BCUT2D eigenvalue weighted by Crippen LogP contribution is 2.63. The summed E-state index contributed by atoms with van der Waals surface area (Å²) >= 11 is 3.67. The Morgan fingerprint density at radius 1 is 0.324 bits per heavy atom. The van der Waals surface area contributed by atoms with Crippen molar-refractivity contribution in [2.45, 2.75) is 24.7 Å². The summed E-state index contributed by atoms with van der Waals surface area (Å²) in [5.74, 6) is 0. The first kappa shape index (κ1) is 39.4. The number of nitrogens with zero attached hydrogens (tertiary/aromatic N) is 2. The third kappa shape index (κ3) is 5.62. The first-order chi connectivity index (χ1) is 33.5. The summed E-state index contributed by atoms with van der Waals surface area (Å²) in [6.07, 6.45) is 0. The summed E-state index contributed by atoms with van der Waals surface area (Å²) in [6.45, 7) is 4.81. The van der Waals surface area contributed by atoms with E-state index in [1.807, 2.05) is 22.7 Å². The Balaban J connectivity index is 0.932. The van der Waals surface area contributed by atoms with Crippen LogP contribution in [0.2, 0.25) is 0 Å². The summed E-state index contributed by atoms with van der Waals surface area (Å²) in [5, 5.41) is 3.42. The average Bonchev–Trinajstić information content (AvgIpc) is 4.19. The van der Waals surface area contributed by atoms with E-state index in [4.69, 9.17) is 0 Å². The van der Waals surface area contributed by atoms with Gasteiger partial charge < -0.3 is 9.80 Å². The maximum Gasteiger partial charge on any atom is 0.102 e. The predicted octanol–water partition coefficient (Wildman–Crippen LogP) is 18.2. The van der Waals surface area contributed by atoms with Crippen molar-refractivity contribution >= 4 is 65.5 Å². The lowest BCUT2D eigenvalue weighted by Crippen LogP contribution is -2.26. The number of rotatable bonds is 7. The zero-order valence-electron chi connectivity index (χ0n) is 37.7. The molecule has 0 radical (unpaired) electrons.